The predicted molar refractivity (Wildman–Crippen MR) is 54.9 cm³/mol. The fourth-order valence-corrected chi connectivity index (χ4v) is 2.10. The van der Waals surface area contributed by atoms with Gasteiger partial charge >= 0.3 is 5.97 Å². The zero-order valence-corrected chi connectivity index (χ0v) is 8.87. The van der Waals surface area contributed by atoms with Crippen LogP contribution in [0.2, 0.25) is 5.02 Å². The van der Waals surface area contributed by atoms with Crippen LogP contribution in [0.25, 0.3) is 0 Å². The summed E-state index contributed by atoms with van der Waals surface area (Å²) in [6, 6.07) is 3.14. The summed E-state index contributed by atoms with van der Waals surface area (Å²) in [6.45, 7) is 1.82. The van der Waals surface area contributed by atoms with Crippen molar-refractivity contribution >= 4 is 29.3 Å². The Labute approximate surface area is 85.9 Å². The number of halogens is 1. The lowest BCUT2D eigenvalue weighted by atomic mass is 10.1. The number of carbonyl (C=O) groups is 1. The second-order valence-electron chi connectivity index (χ2n) is 2.56. The van der Waals surface area contributed by atoms with Gasteiger partial charge in [-0.3, -0.25) is 0 Å². The quantitative estimate of drug-likeness (QED) is 0.772. The molecule has 0 aliphatic rings. The van der Waals surface area contributed by atoms with E-state index >= 15 is 0 Å². The molecule has 1 rings (SSSR count). The maximum Gasteiger partial charge on any atom is 0.336 e. The van der Waals surface area contributed by atoms with Crippen molar-refractivity contribution in [2.45, 2.75) is 11.8 Å². The molecule has 1 aromatic rings. The van der Waals surface area contributed by atoms with E-state index in [0.717, 1.165) is 10.5 Å². The maximum atomic E-state index is 10.8. The lowest BCUT2D eigenvalue weighted by molar-refractivity contribution is 0.0693. The molecule has 0 bridgehead atoms. The smallest absolute Gasteiger partial charge is 0.336 e. The highest BCUT2D eigenvalue weighted by atomic mass is 35.5. The van der Waals surface area contributed by atoms with E-state index in [4.69, 9.17) is 16.7 Å². The standard InChI is InChI=1S/C9H9ClO2S/c1-5-7(10)4-3-6(9(11)12)8(5)13-2/h3-4H,1-2H3,(H,11,12). The summed E-state index contributed by atoms with van der Waals surface area (Å²) in [6.07, 6.45) is 1.84. The summed E-state index contributed by atoms with van der Waals surface area (Å²) in [7, 11) is 0. The molecule has 4 heteroatoms. The number of thioether (sulfide) groups is 1. The zero-order valence-electron chi connectivity index (χ0n) is 7.30. The highest BCUT2D eigenvalue weighted by Gasteiger charge is 2.12. The molecule has 0 aliphatic carbocycles. The van der Waals surface area contributed by atoms with Gasteiger partial charge in [0.2, 0.25) is 0 Å². The van der Waals surface area contributed by atoms with E-state index in [9.17, 15) is 4.79 Å². The van der Waals surface area contributed by atoms with Gasteiger partial charge in [0.1, 0.15) is 0 Å². The Balaban J connectivity index is 3.38. The molecular weight excluding hydrogens is 208 g/mol. The van der Waals surface area contributed by atoms with Gasteiger partial charge in [0.05, 0.1) is 5.56 Å². The van der Waals surface area contributed by atoms with Crippen molar-refractivity contribution in [3.8, 4) is 0 Å². The molecule has 0 aromatic heterocycles. The number of aromatic carboxylic acids is 1. The zero-order chi connectivity index (χ0) is 10.0. The first-order chi connectivity index (χ1) is 6.07. The lowest BCUT2D eigenvalue weighted by Crippen LogP contribution is -2.00. The molecule has 0 saturated carbocycles. The van der Waals surface area contributed by atoms with E-state index in [0.29, 0.717) is 10.6 Å². The summed E-state index contributed by atoms with van der Waals surface area (Å²) >= 11 is 7.26. The van der Waals surface area contributed by atoms with Crippen LogP contribution in [-0.2, 0) is 0 Å². The van der Waals surface area contributed by atoms with Gasteiger partial charge in [0, 0.05) is 9.92 Å². The van der Waals surface area contributed by atoms with Crippen molar-refractivity contribution in [3.63, 3.8) is 0 Å². The predicted octanol–water partition coefficient (Wildman–Crippen LogP) is 3.07. The maximum absolute atomic E-state index is 10.8. The molecule has 0 atom stereocenters. The van der Waals surface area contributed by atoms with Crippen LogP contribution in [0.15, 0.2) is 17.0 Å². The summed E-state index contributed by atoms with van der Waals surface area (Å²) in [5.74, 6) is -0.913. The number of carboxylic acids is 1. The monoisotopic (exact) mass is 216 g/mol. The Morgan fingerprint density at radius 1 is 1.54 bits per heavy atom. The van der Waals surface area contributed by atoms with Crippen molar-refractivity contribution < 1.29 is 9.90 Å². The fraction of sp³-hybridized carbons (Fsp3) is 0.222. The normalized spacial score (nSPS) is 10.1. The average molecular weight is 217 g/mol. The van der Waals surface area contributed by atoms with Crippen LogP contribution in [0.5, 0.6) is 0 Å². The van der Waals surface area contributed by atoms with Crippen LogP contribution in [0.4, 0.5) is 0 Å². The molecule has 0 radical (unpaired) electrons. The summed E-state index contributed by atoms with van der Waals surface area (Å²) in [5, 5.41) is 9.46. The number of rotatable bonds is 2. The van der Waals surface area contributed by atoms with Crippen molar-refractivity contribution in [1.82, 2.24) is 0 Å². The first-order valence-electron chi connectivity index (χ1n) is 3.64. The molecule has 0 amide bonds. The van der Waals surface area contributed by atoms with E-state index in [2.05, 4.69) is 0 Å². The van der Waals surface area contributed by atoms with Crippen LogP contribution in [0.3, 0.4) is 0 Å². The van der Waals surface area contributed by atoms with Gasteiger partial charge in [0.25, 0.3) is 0 Å². The number of hydrogen-bond acceptors (Lipinski definition) is 2. The van der Waals surface area contributed by atoms with Crippen LogP contribution < -0.4 is 0 Å². The fourth-order valence-electron chi connectivity index (χ4n) is 1.10. The highest BCUT2D eigenvalue weighted by Crippen LogP contribution is 2.29. The molecule has 2 nitrogen and oxygen atoms in total. The molecule has 0 spiro atoms. The minimum atomic E-state index is -0.913. The minimum absolute atomic E-state index is 0.314. The van der Waals surface area contributed by atoms with Gasteiger partial charge in [-0.2, -0.15) is 0 Å². The van der Waals surface area contributed by atoms with E-state index in [1.54, 1.807) is 6.07 Å². The van der Waals surface area contributed by atoms with Crippen molar-refractivity contribution in [3.05, 3.63) is 28.3 Å². The van der Waals surface area contributed by atoms with Gasteiger partial charge in [-0.15, -0.1) is 11.8 Å². The van der Waals surface area contributed by atoms with Crippen molar-refractivity contribution in [2.75, 3.05) is 6.26 Å². The second kappa shape index (κ2) is 4.03. The molecule has 0 unspecified atom stereocenters. The summed E-state index contributed by atoms with van der Waals surface area (Å²) in [5.41, 5.74) is 1.14. The molecule has 0 heterocycles. The Kier molecular flexibility index (Phi) is 3.22. The van der Waals surface area contributed by atoms with Gasteiger partial charge in [0.15, 0.2) is 0 Å². The molecule has 70 valence electrons. The SMILES string of the molecule is CSc1c(C(=O)O)ccc(Cl)c1C. The molecule has 0 aliphatic heterocycles. The summed E-state index contributed by atoms with van der Waals surface area (Å²) in [4.78, 5) is 11.5. The second-order valence-corrected chi connectivity index (χ2v) is 3.78. The molecule has 13 heavy (non-hydrogen) atoms. The van der Waals surface area contributed by atoms with Gasteiger partial charge < -0.3 is 5.11 Å². The Hall–Kier alpha value is -0.670. The molecule has 0 fully saturated rings. The molecular formula is C9H9ClO2S. The first kappa shape index (κ1) is 10.4. The van der Waals surface area contributed by atoms with Gasteiger partial charge in [-0.25, -0.2) is 4.79 Å². The topological polar surface area (TPSA) is 37.3 Å². The van der Waals surface area contributed by atoms with E-state index < -0.39 is 5.97 Å². The Morgan fingerprint density at radius 3 is 2.62 bits per heavy atom. The van der Waals surface area contributed by atoms with Crippen LogP contribution >= 0.6 is 23.4 Å². The number of carboxylic acid groups (broad SMARTS) is 1. The van der Waals surface area contributed by atoms with E-state index in [1.807, 2.05) is 13.2 Å². The van der Waals surface area contributed by atoms with Crippen LogP contribution in [0, 0.1) is 6.92 Å². The van der Waals surface area contributed by atoms with Crippen LogP contribution in [0.1, 0.15) is 15.9 Å². The molecule has 1 N–H and O–H groups in total. The summed E-state index contributed by atoms with van der Waals surface area (Å²) < 4.78 is 0. The van der Waals surface area contributed by atoms with Crippen molar-refractivity contribution in [2.24, 2.45) is 0 Å². The van der Waals surface area contributed by atoms with E-state index in [1.165, 1.54) is 17.8 Å². The number of benzene rings is 1. The van der Waals surface area contributed by atoms with Crippen molar-refractivity contribution in [1.29, 1.82) is 0 Å². The number of hydrogen-bond donors (Lipinski definition) is 1. The molecule has 0 saturated heterocycles. The lowest BCUT2D eigenvalue weighted by Gasteiger charge is -2.07. The van der Waals surface area contributed by atoms with Gasteiger partial charge in [-0.05, 0) is 30.9 Å². The third kappa shape index (κ3) is 1.98. The Morgan fingerprint density at radius 2 is 2.15 bits per heavy atom. The largest absolute Gasteiger partial charge is 0.478 e. The van der Waals surface area contributed by atoms with E-state index in [-0.39, 0.29) is 0 Å². The van der Waals surface area contributed by atoms with Gasteiger partial charge in [-0.1, -0.05) is 11.6 Å². The first-order valence-corrected chi connectivity index (χ1v) is 5.24. The minimum Gasteiger partial charge on any atom is -0.478 e. The average Bonchev–Trinajstić information content (AvgIpc) is 2.09. The molecule has 1 aromatic carbocycles. The van der Waals surface area contributed by atoms with Crippen LogP contribution in [-0.4, -0.2) is 17.3 Å². The highest BCUT2D eigenvalue weighted by molar-refractivity contribution is 7.98. The Bertz CT molecular complexity index is 350. The third-order valence-corrected chi connectivity index (χ3v) is 3.12. The third-order valence-electron chi connectivity index (χ3n) is 1.77.